The maximum Gasteiger partial charge on any atom is 0.320 e. The Kier molecular flexibility index (Phi) is 14.0. The molecular formula is C15H31N3O4. The van der Waals surface area contributed by atoms with E-state index in [9.17, 15) is 9.59 Å². The second kappa shape index (κ2) is 14.7. The van der Waals surface area contributed by atoms with E-state index in [0.717, 1.165) is 19.3 Å². The predicted octanol–water partition coefficient (Wildman–Crippen LogP) is 0.296. The van der Waals surface area contributed by atoms with Crippen LogP contribution in [-0.4, -0.2) is 44.8 Å². The number of carbonyl (C=O) groups excluding carboxylic acids is 2. The first-order chi connectivity index (χ1) is 10.7. The topological polar surface area (TPSA) is 131 Å². The maximum absolute atomic E-state index is 12.0. The van der Waals surface area contributed by atoms with Gasteiger partial charge in [-0.05, 0) is 58.2 Å². The lowest BCUT2D eigenvalue weighted by atomic mass is 10.0. The Balaban J connectivity index is 4.26. The van der Waals surface area contributed by atoms with Crippen LogP contribution in [0.1, 0.15) is 44.9 Å². The number of nitrogens with two attached hydrogens (primary N) is 3. The summed E-state index contributed by atoms with van der Waals surface area (Å²) >= 11 is 0. The van der Waals surface area contributed by atoms with Crippen LogP contribution in [0.5, 0.6) is 0 Å². The molecule has 0 aromatic rings. The van der Waals surface area contributed by atoms with Crippen molar-refractivity contribution >= 4 is 11.9 Å². The summed E-state index contributed by atoms with van der Waals surface area (Å²) in [4.78, 5) is 24.1. The lowest BCUT2D eigenvalue weighted by Crippen LogP contribution is -2.29. The third-order valence-corrected chi connectivity index (χ3v) is 3.20. The van der Waals surface area contributed by atoms with Gasteiger partial charge in [0.15, 0.2) is 5.92 Å². The molecular weight excluding hydrogens is 286 g/mol. The zero-order chi connectivity index (χ0) is 16.6. The van der Waals surface area contributed by atoms with Gasteiger partial charge in [-0.15, -0.1) is 0 Å². The molecule has 22 heavy (non-hydrogen) atoms. The lowest BCUT2D eigenvalue weighted by molar-refractivity contribution is -0.162. The van der Waals surface area contributed by atoms with Crippen molar-refractivity contribution in [2.75, 3.05) is 32.8 Å². The summed E-state index contributed by atoms with van der Waals surface area (Å²) in [5.74, 6) is -1.89. The van der Waals surface area contributed by atoms with Gasteiger partial charge >= 0.3 is 11.9 Å². The van der Waals surface area contributed by atoms with Crippen LogP contribution in [0.15, 0.2) is 0 Å². The summed E-state index contributed by atoms with van der Waals surface area (Å²) in [5, 5.41) is 0. The Morgan fingerprint density at radius 1 is 0.682 bits per heavy atom. The van der Waals surface area contributed by atoms with Crippen LogP contribution in [0.25, 0.3) is 0 Å². The van der Waals surface area contributed by atoms with E-state index in [2.05, 4.69) is 0 Å². The van der Waals surface area contributed by atoms with E-state index in [0.29, 0.717) is 45.3 Å². The van der Waals surface area contributed by atoms with E-state index >= 15 is 0 Å². The van der Waals surface area contributed by atoms with Crippen molar-refractivity contribution in [3.8, 4) is 0 Å². The Morgan fingerprint density at radius 2 is 1.09 bits per heavy atom. The summed E-state index contributed by atoms with van der Waals surface area (Å²) in [7, 11) is 0. The molecule has 0 fully saturated rings. The van der Waals surface area contributed by atoms with E-state index < -0.39 is 17.9 Å². The molecule has 0 aromatic heterocycles. The maximum atomic E-state index is 12.0. The summed E-state index contributed by atoms with van der Waals surface area (Å²) < 4.78 is 10.3. The van der Waals surface area contributed by atoms with Gasteiger partial charge in [-0.2, -0.15) is 0 Å². The highest BCUT2D eigenvalue weighted by molar-refractivity contribution is 5.94. The van der Waals surface area contributed by atoms with Gasteiger partial charge in [0.2, 0.25) is 0 Å². The quantitative estimate of drug-likeness (QED) is 0.238. The molecule has 0 spiro atoms. The smallest absolute Gasteiger partial charge is 0.320 e. The van der Waals surface area contributed by atoms with Crippen molar-refractivity contribution < 1.29 is 19.1 Å². The molecule has 0 amide bonds. The number of esters is 2. The zero-order valence-electron chi connectivity index (χ0n) is 13.4. The number of unbranched alkanes of at least 4 members (excludes halogenated alkanes) is 3. The van der Waals surface area contributed by atoms with E-state index in [1.54, 1.807) is 0 Å². The molecule has 0 aromatic carbocycles. The van der Waals surface area contributed by atoms with Crippen LogP contribution in [0.3, 0.4) is 0 Å². The van der Waals surface area contributed by atoms with Crippen LogP contribution in [0.2, 0.25) is 0 Å². The highest BCUT2D eigenvalue weighted by Gasteiger charge is 2.29. The normalized spacial score (nSPS) is 10.7. The molecule has 0 aliphatic rings. The molecule has 6 N–H and O–H groups in total. The summed E-state index contributed by atoms with van der Waals surface area (Å²) in [6.45, 7) is 2.21. The van der Waals surface area contributed by atoms with Gasteiger partial charge in [0.05, 0.1) is 13.2 Å². The SMILES string of the molecule is NCCCCOC(=O)C(CCCCN)C(=O)OCCCCN. The molecule has 0 atom stereocenters. The van der Waals surface area contributed by atoms with Crippen molar-refractivity contribution in [1.82, 2.24) is 0 Å². The monoisotopic (exact) mass is 317 g/mol. The minimum atomic E-state index is -0.859. The molecule has 7 nitrogen and oxygen atoms in total. The first-order valence-corrected chi connectivity index (χ1v) is 8.10. The molecule has 0 saturated heterocycles. The number of ether oxygens (including phenoxy) is 2. The molecule has 130 valence electrons. The van der Waals surface area contributed by atoms with E-state index in [1.807, 2.05) is 0 Å². The zero-order valence-corrected chi connectivity index (χ0v) is 13.4. The standard InChI is InChI=1S/C15H31N3O4/c16-8-2-1-7-13(14(19)21-11-5-3-9-17)15(20)22-12-6-4-10-18/h13H,1-12,16-18H2. The van der Waals surface area contributed by atoms with Crippen LogP contribution < -0.4 is 17.2 Å². The third-order valence-electron chi connectivity index (χ3n) is 3.20. The Morgan fingerprint density at radius 3 is 1.50 bits per heavy atom. The highest BCUT2D eigenvalue weighted by Crippen LogP contribution is 2.13. The average molecular weight is 317 g/mol. The van der Waals surface area contributed by atoms with Gasteiger partial charge in [-0.25, -0.2) is 0 Å². The Labute approximate surface area is 132 Å². The fourth-order valence-electron chi connectivity index (χ4n) is 1.86. The molecule has 0 unspecified atom stereocenters. The van der Waals surface area contributed by atoms with E-state index in [1.165, 1.54) is 0 Å². The molecule has 0 heterocycles. The number of hydrogen-bond acceptors (Lipinski definition) is 7. The molecule has 0 radical (unpaired) electrons. The average Bonchev–Trinajstić information content (AvgIpc) is 2.52. The largest absolute Gasteiger partial charge is 0.465 e. The van der Waals surface area contributed by atoms with Crippen molar-refractivity contribution in [2.24, 2.45) is 23.1 Å². The second-order valence-electron chi connectivity index (χ2n) is 5.16. The van der Waals surface area contributed by atoms with Crippen LogP contribution >= 0.6 is 0 Å². The van der Waals surface area contributed by atoms with Gasteiger partial charge in [-0.3, -0.25) is 9.59 Å². The van der Waals surface area contributed by atoms with Gasteiger partial charge in [0.25, 0.3) is 0 Å². The summed E-state index contributed by atoms with van der Waals surface area (Å²) in [5.41, 5.74) is 16.2. The minimum absolute atomic E-state index is 0.282. The molecule has 0 bridgehead atoms. The van der Waals surface area contributed by atoms with Crippen LogP contribution in [0, 0.1) is 5.92 Å². The van der Waals surface area contributed by atoms with Crippen molar-refractivity contribution in [3.63, 3.8) is 0 Å². The Hall–Kier alpha value is -1.18. The van der Waals surface area contributed by atoms with Crippen molar-refractivity contribution in [1.29, 1.82) is 0 Å². The fraction of sp³-hybridized carbons (Fsp3) is 0.867. The van der Waals surface area contributed by atoms with Crippen LogP contribution in [-0.2, 0) is 19.1 Å². The van der Waals surface area contributed by atoms with Gasteiger partial charge < -0.3 is 26.7 Å². The highest BCUT2D eigenvalue weighted by atomic mass is 16.6. The van der Waals surface area contributed by atoms with E-state index in [-0.39, 0.29) is 13.2 Å². The molecule has 0 saturated carbocycles. The first-order valence-electron chi connectivity index (χ1n) is 8.10. The summed E-state index contributed by atoms with van der Waals surface area (Å²) in [6, 6.07) is 0. The Bertz CT molecular complexity index is 277. The molecule has 7 heteroatoms. The van der Waals surface area contributed by atoms with Crippen molar-refractivity contribution in [2.45, 2.75) is 44.9 Å². The minimum Gasteiger partial charge on any atom is -0.465 e. The number of carbonyl (C=O) groups is 2. The van der Waals surface area contributed by atoms with Gasteiger partial charge in [0, 0.05) is 0 Å². The molecule has 0 aliphatic carbocycles. The summed E-state index contributed by atoms with van der Waals surface area (Å²) in [6.07, 6.45) is 4.83. The van der Waals surface area contributed by atoms with Crippen LogP contribution in [0.4, 0.5) is 0 Å². The first kappa shape index (κ1) is 20.8. The van der Waals surface area contributed by atoms with Gasteiger partial charge in [-0.1, -0.05) is 6.42 Å². The second-order valence-corrected chi connectivity index (χ2v) is 5.16. The van der Waals surface area contributed by atoms with Crippen molar-refractivity contribution in [3.05, 3.63) is 0 Å². The number of hydrogen-bond donors (Lipinski definition) is 3. The lowest BCUT2D eigenvalue weighted by Gasteiger charge is -2.15. The molecule has 0 aliphatic heterocycles. The fourth-order valence-corrected chi connectivity index (χ4v) is 1.86. The number of rotatable bonds is 14. The van der Waals surface area contributed by atoms with E-state index in [4.69, 9.17) is 26.7 Å². The predicted molar refractivity (Wildman–Crippen MR) is 84.9 cm³/mol. The van der Waals surface area contributed by atoms with Gasteiger partial charge in [0.1, 0.15) is 0 Å². The third kappa shape index (κ3) is 10.5. The molecule has 0 rings (SSSR count).